The SMILES string of the molecule is CN1C(=O)COCC1c1ccc(N)cc1. The van der Waals surface area contributed by atoms with E-state index in [0.29, 0.717) is 6.61 Å². The molecule has 1 fully saturated rings. The van der Waals surface area contributed by atoms with Gasteiger partial charge in [-0.1, -0.05) is 12.1 Å². The van der Waals surface area contributed by atoms with E-state index in [0.717, 1.165) is 11.3 Å². The lowest BCUT2D eigenvalue weighted by molar-refractivity contribution is -0.146. The fraction of sp³-hybridized carbons (Fsp3) is 0.364. The van der Waals surface area contributed by atoms with Gasteiger partial charge in [0.05, 0.1) is 12.6 Å². The zero-order valence-corrected chi connectivity index (χ0v) is 8.64. The molecule has 80 valence electrons. The van der Waals surface area contributed by atoms with Gasteiger partial charge < -0.3 is 15.4 Å². The number of likely N-dealkylation sites (N-methyl/N-ethyl adjacent to an activating group) is 1. The summed E-state index contributed by atoms with van der Waals surface area (Å²) in [5.41, 5.74) is 7.39. The van der Waals surface area contributed by atoms with Crippen LogP contribution in [0, 0.1) is 0 Å². The number of carbonyl (C=O) groups is 1. The van der Waals surface area contributed by atoms with Gasteiger partial charge in [-0.15, -0.1) is 0 Å². The van der Waals surface area contributed by atoms with E-state index in [1.807, 2.05) is 24.3 Å². The number of nitrogens with zero attached hydrogens (tertiary/aromatic N) is 1. The molecule has 15 heavy (non-hydrogen) atoms. The van der Waals surface area contributed by atoms with Crippen molar-refractivity contribution in [2.45, 2.75) is 6.04 Å². The summed E-state index contributed by atoms with van der Waals surface area (Å²) in [6.45, 7) is 0.730. The molecule has 1 atom stereocenters. The van der Waals surface area contributed by atoms with E-state index < -0.39 is 0 Å². The van der Waals surface area contributed by atoms with Crippen molar-refractivity contribution < 1.29 is 9.53 Å². The Morgan fingerprint density at radius 1 is 1.40 bits per heavy atom. The molecule has 0 aromatic heterocycles. The van der Waals surface area contributed by atoms with Crippen LogP contribution >= 0.6 is 0 Å². The van der Waals surface area contributed by atoms with Crippen LogP contribution in [0.1, 0.15) is 11.6 Å². The summed E-state index contributed by atoms with van der Waals surface area (Å²) in [4.78, 5) is 13.1. The summed E-state index contributed by atoms with van der Waals surface area (Å²) in [6, 6.07) is 7.54. The van der Waals surface area contributed by atoms with Crippen molar-refractivity contribution in [3.05, 3.63) is 29.8 Å². The molecular formula is C11H14N2O2. The van der Waals surface area contributed by atoms with Gasteiger partial charge in [-0.2, -0.15) is 0 Å². The van der Waals surface area contributed by atoms with Crippen LogP contribution in [0.15, 0.2) is 24.3 Å². The number of carbonyl (C=O) groups excluding carboxylic acids is 1. The van der Waals surface area contributed by atoms with Crippen LogP contribution in [0.4, 0.5) is 5.69 Å². The first kappa shape index (κ1) is 9.98. The topological polar surface area (TPSA) is 55.6 Å². The zero-order valence-electron chi connectivity index (χ0n) is 8.64. The van der Waals surface area contributed by atoms with Gasteiger partial charge in [-0.25, -0.2) is 0 Å². The number of benzene rings is 1. The van der Waals surface area contributed by atoms with E-state index >= 15 is 0 Å². The number of nitrogens with two attached hydrogens (primary N) is 1. The van der Waals surface area contributed by atoms with Crippen LogP contribution in [0.5, 0.6) is 0 Å². The molecule has 2 N–H and O–H groups in total. The molecule has 4 heteroatoms. The third kappa shape index (κ3) is 1.94. The average molecular weight is 206 g/mol. The van der Waals surface area contributed by atoms with Crippen LogP contribution in [-0.4, -0.2) is 31.1 Å². The number of hydrogen-bond donors (Lipinski definition) is 1. The predicted molar refractivity (Wildman–Crippen MR) is 57.2 cm³/mol. The normalized spacial score (nSPS) is 21.8. The lowest BCUT2D eigenvalue weighted by Crippen LogP contribution is -2.41. The quantitative estimate of drug-likeness (QED) is 0.691. The monoisotopic (exact) mass is 206 g/mol. The van der Waals surface area contributed by atoms with E-state index in [2.05, 4.69) is 0 Å². The van der Waals surface area contributed by atoms with Gasteiger partial charge in [0.2, 0.25) is 5.91 Å². The minimum Gasteiger partial charge on any atom is -0.399 e. The Balaban J connectivity index is 2.22. The molecule has 1 heterocycles. The average Bonchev–Trinajstić information content (AvgIpc) is 2.24. The molecule has 1 aromatic rings. The number of nitrogen functional groups attached to an aromatic ring is 1. The van der Waals surface area contributed by atoms with Crippen molar-refractivity contribution >= 4 is 11.6 Å². The van der Waals surface area contributed by atoms with Crippen molar-refractivity contribution in [2.75, 3.05) is 26.0 Å². The second-order valence-electron chi connectivity index (χ2n) is 3.70. The first-order valence-electron chi connectivity index (χ1n) is 4.87. The van der Waals surface area contributed by atoms with Gasteiger partial charge in [0.1, 0.15) is 6.61 Å². The van der Waals surface area contributed by atoms with E-state index in [9.17, 15) is 4.79 Å². The maximum atomic E-state index is 11.4. The summed E-state index contributed by atoms with van der Waals surface area (Å²) in [6.07, 6.45) is 0. The van der Waals surface area contributed by atoms with Crippen LogP contribution in [0.25, 0.3) is 0 Å². The van der Waals surface area contributed by atoms with E-state index in [-0.39, 0.29) is 18.6 Å². The standard InChI is InChI=1S/C11H14N2O2/c1-13-10(6-15-7-11(13)14)8-2-4-9(12)5-3-8/h2-5,10H,6-7,12H2,1H3. The van der Waals surface area contributed by atoms with Crippen molar-refractivity contribution in [1.82, 2.24) is 4.90 Å². The van der Waals surface area contributed by atoms with Crippen LogP contribution in [0.2, 0.25) is 0 Å². The second kappa shape index (κ2) is 3.90. The lowest BCUT2D eigenvalue weighted by Gasteiger charge is -2.32. The Morgan fingerprint density at radius 2 is 2.07 bits per heavy atom. The van der Waals surface area contributed by atoms with E-state index in [1.54, 1.807) is 11.9 Å². The largest absolute Gasteiger partial charge is 0.399 e. The molecule has 0 aliphatic carbocycles. The van der Waals surface area contributed by atoms with Gasteiger partial charge >= 0.3 is 0 Å². The first-order chi connectivity index (χ1) is 7.18. The molecule has 2 rings (SSSR count). The molecule has 1 amide bonds. The summed E-state index contributed by atoms with van der Waals surface area (Å²) < 4.78 is 5.23. The molecule has 1 saturated heterocycles. The predicted octanol–water partition coefficient (Wildman–Crippen LogP) is 0.798. The second-order valence-corrected chi connectivity index (χ2v) is 3.70. The fourth-order valence-corrected chi connectivity index (χ4v) is 1.68. The maximum absolute atomic E-state index is 11.4. The highest BCUT2D eigenvalue weighted by atomic mass is 16.5. The Bertz CT molecular complexity index is 361. The van der Waals surface area contributed by atoms with E-state index in [4.69, 9.17) is 10.5 Å². The Kier molecular flexibility index (Phi) is 2.60. The minimum absolute atomic E-state index is 0.00634. The summed E-state index contributed by atoms with van der Waals surface area (Å²) in [5, 5.41) is 0. The highest BCUT2D eigenvalue weighted by Gasteiger charge is 2.26. The first-order valence-corrected chi connectivity index (χ1v) is 4.87. The molecule has 4 nitrogen and oxygen atoms in total. The highest BCUT2D eigenvalue weighted by molar-refractivity contribution is 5.78. The molecule has 1 aliphatic rings. The van der Waals surface area contributed by atoms with Gasteiger partial charge in [0, 0.05) is 12.7 Å². The molecule has 1 unspecified atom stereocenters. The number of anilines is 1. The van der Waals surface area contributed by atoms with Gasteiger partial charge in [0.15, 0.2) is 0 Å². The highest BCUT2D eigenvalue weighted by Crippen LogP contribution is 2.23. The number of ether oxygens (including phenoxy) is 1. The summed E-state index contributed by atoms with van der Waals surface area (Å²) in [5.74, 6) is 0.0167. The van der Waals surface area contributed by atoms with E-state index in [1.165, 1.54) is 0 Å². The third-order valence-electron chi connectivity index (χ3n) is 2.68. The van der Waals surface area contributed by atoms with Crippen molar-refractivity contribution in [3.8, 4) is 0 Å². The van der Waals surface area contributed by atoms with Crippen LogP contribution in [0.3, 0.4) is 0 Å². The molecule has 1 aliphatic heterocycles. The summed E-state index contributed by atoms with van der Waals surface area (Å²) >= 11 is 0. The number of morpholine rings is 1. The Hall–Kier alpha value is -1.55. The zero-order chi connectivity index (χ0) is 10.8. The minimum atomic E-state index is 0.00634. The van der Waals surface area contributed by atoms with Gasteiger partial charge in [-0.05, 0) is 17.7 Å². The Morgan fingerprint density at radius 3 is 2.73 bits per heavy atom. The third-order valence-corrected chi connectivity index (χ3v) is 2.68. The van der Waals surface area contributed by atoms with Gasteiger partial charge in [0.25, 0.3) is 0 Å². The lowest BCUT2D eigenvalue weighted by atomic mass is 10.1. The number of amides is 1. The molecule has 0 saturated carbocycles. The number of hydrogen-bond acceptors (Lipinski definition) is 3. The molecular weight excluding hydrogens is 192 g/mol. The molecule has 0 radical (unpaired) electrons. The fourth-order valence-electron chi connectivity index (χ4n) is 1.68. The number of rotatable bonds is 1. The molecule has 0 bridgehead atoms. The van der Waals surface area contributed by atoms with Crippen molar-refractivity contribution in [2.24, 2.45) is 0 Å². The van der Waals surface area contributed by atoms with Crippen molar-refractivity contribution in [3.63, 3.8) is 0 Å². The van der Waals surface area contributed by atoms with Gasteiger partial charge in [-0.3, -0.25) is 4.79 Å². The maximum Gasteiger partial charge on any atom is 0.248 e. The summed E-state index contributed by atoms with van der Waals surface area (Å²) in [7, 11) is 1.80. The Labute approximate surface area is 88.6 Å². The van der Waals surface area contributed by atoms with Crippen LogP contribution in [-0.2, 0) is 9.53 Å². The van der Waals surface area contributed by atoms with Crippen molar-refractivity contribution in [1.29, 1.82) is 0 Å². The molecule has 0 spiro atoms. The van der Waals surface area contributed by atoms with Crippen LogP contribution < -0.4 is 5.73 Å². The molecule has 1 aromatic carbocycles. The smallest absolute Gasteiger partial charge is 0.248 e.